The number of methoxy groups -OCH3 is 1. The number of likely N-dealkylation sites (tertiary alicyclic amines) is 1. The summed E-state index contributed by atoms with van der Waals surface area (Å²) in [6, 6.07) is 14.2. The largest absolute Gasteiger partial charge is 0.495 e. The zero-order chi connectivity index (χ0) is 33.5. The Labute approximate surface area is 276 Å². The number of amides is 3. The third-order valence-corrected chi connectivity index (χ3v) is 8.50. The van der Waals surface area contributed by atoms with Gasteiger partial charge in [-0.05, 0) is 42.0 Å². The molecule has 0 aliphatic carbocycles. The maximum absolute atomic E-state index is 14.4. The van der Waals surface area contributed by atoms with Crippen molar-refractivity contribution in [1.82, 2.24) is 14.7 Å². The second-order valence-corrected chi connectivity index (χ2v) is 11.9. The lowest BCUT2D eigenvalue weighted by atomic mass is 10.1. The van der Waals surface area contributed by atoms with E-state index < -0.39 is 29.7 Å². The smallest absolute Gasteiger partial charge is 0.323 e. The molecule has 5 rings (SSSR count). The molecule has 2 aliphatic heterocycles. The van der Waals surface area contributed by atoms with Gasteiger partial charge in [-0.1, -0.05) is 29.8 Å². The van der Waals surface area contributed by atoms with Gasteiger partial charge in [-0.2, -0.15) is 0 Å². The van der Waals surface area contributed by atoms with Crippen LogP contribution < -0.4 is 20.1 Å². The Morgan fingerprint density at radius 1 is 0.936 bits per heavy atom. The van der Waals surface area contributed by atoms with Crippen LogP contribution in [0.25, 0.3) is 0 Å². The molecule has 3 aromatic carbocycles. The maximum atomic E-state index is 14.4. The van der Waals surface area contributed by atoms with E-state index in [9.17, 15) is 23.2 Å². The van der Waals surface area contributed by atoms with Gasteiger partial charge in [0.25, 0.3) is 0 Å². The van der Waals surface area contributed by atoms with Gasteiger partial charge in [0.15, 0.2) is 11.6 Å². The van der Waals surface area contributed by atoms with Crippen LogP contribution in [-0.4, -0.2) is 103 Å². The topological polar surface area (TPSA) is 124 Å². The van der Waals surface area contributed by atoms with Crippen molar-refractivity contribution in [2.75, 3.05) is 63.6 Å². The third kappa shape index (κ3) is 9.09. The number of aliphatic carboxylic acids is 1. The summed E-state index contributed by atoms with van der Waals surface area (Å²) in [4.78, 5) is 43.3. The summed E-state index contributed by atoms with van der Waals surface area (Å²) >= 11 is 6.14. The van der Waals surface area contributed by atoms with Gasteiger partial charge in [-0.25, -0.2) is 13.6 Å². The molecule has 0 saturated carbocycles. The Bertz CT molecular complexity index is 1610. The van der Waals surface area contributed by atoms with E-state index in [-0.39, 0.29) is 37.2 Å². The highest BCUT2D eigenvalue weighted by atomic mass is 35.5. The molecule has 3 aromatic rings. The second-order valence-electron chi connectivity index (χ2n) is 11.5. The first-order chi connectivity index (χ1) is 22.6. The molecular formula is C33H36ClF2N5O6. The number of nitrogens with zero attached hydrogens (tertiary/aromatic N) is 3. The number of halogens is 3. The Balaban J connectivity index is 1.26. The number of para-hydroxylation sites is 1. The number of nitrogens with one attached hydrogen (secondary N) is 2. The predicted molar refractivity (Wildman–Crippen MR) is 172 cm³/mol. The van der Waals surface area contributed by atoms with Crippen molar-refractivity contribution in [3.05, 3.63) is 82.9 Å². The van der Waals surface area contributed by atoms with Crippen molar-refractivity contribution < 1.29 is 37.7 Å². The highest BCUT2D eigenvalue weighted by Crippen LogP contribution is 2.30. The second kappa shape index (κ2) is 15.4. The number of carbonyl (C=O) groups excluding carboxylic acids is 2. The van der Waals surface area contributed by atoms with E-state index in [0.717, 1.165) is 12.1 Å². The molecule has 0 bridgehead atoms. The van der Waals surface area contributed by atoms with Crippen LogP contribution in [0.1, 0.15) is 12.0 Å². The van der Waals surface area contributed by atoms with Crippen molar-refractivity contribution in [2.45, 2.75) is 25.0 Å². The lowest BCUT2D eigenvalue weighted by Crippen LogP contribution is -2.52. The molecule has 2 aliphatic rings. The summed E-state index contributed by atoms with van der Waals surface area (Å²) in [6.07, 6.45) is -0.0527. The van der Waals surface area contributed by atoms with Gasteiger partial charge >= 0.3 is 12.0 Å². The molecule has 2 saturated heterocycles. The average molecular weight is 672 g/mol. The van der Waals surface area contributed by atoms with Gasteiger partial charge in [-0.15, -0.1) is 0 Å². The molecule has 0 radical (unpaired) electrons. The molecule has 2 heterocycles. The van der Waals surface area contributed by atoms with Crippen LogP contribution in [0.3, 0.4) is 0 Å². The fraction of sp³-hybridized carbons (Fsp3) is 0.364. The van der Waals surface area contributed by atoms with Crippen LogP contribution in [0.2, 0.25) is 5.02 Å². The number of anilines is 2. The molecule has 2 atom stereocenters. The molecule has 0 spiro atoms. The van der Waals surface area contributed by atoms with E-state index in [1.807, 2.05) is 4.90 Å². The number of ether oxygens (including phenoxy) is 2. The Kier molecular flexibility index (Phi) is 11.1. The van der Waals surface area contributed by atoms with Gasteiger partial charge in [0.2, 0.25) is 5.91 Å². The first kappa shape index (κ1) is 33.9. The van der Waals surface area contributed by atoms with Crippen molar-refractivity contribution in [2.24, 2.45) is 0 Å². The highest BCUT2D eigenvalue weighted by Gasteiger charge is 2.38. The van der Waals surface area contributed by atoms with Crippen molar-refractivity contribution in [1.29, 1.82) is 0 Å². The van der Waals surface area contributed by atoms with Crippen LogP contribution in [0.5, 0.6) is 11.5 Å². The van der Waals surface area contributed by atoms with Gasteiger partial charge in [-0.3, -0.25) is 19.4 Å². The predicted octanol–water partition coefficient (Wildman–Crippen LogP) is 4.56. The van der Waals surface area contributed by atoms with Crippen molar-refractivity contribution in [3.63, 3.8) is 0 Å². The molecule has 47 heavy (non-hydrogen) atoms. The summed E-state index contributed by atoms with van der Waals surface area (Å²) in [7, 11) is 1.46. The summed E-state index contributed by atoms with van der Waals surface area (Å²) in [5.74, 6) is -2.31. The number of urea groups is 1. The lowest BCUT2D eigenvalue weighted by molar-refractivity contribution is -0.139. The lowest BCUT2D eigenvalue weighted by Gasteiger charge is -2.36. The Hall–Kier alpha value is -4.46. The molecule has 2 unspecified atom stereocenters. The number of carbonyl (C=O) groups is 3. The quantitative estimate of drug-likeness (QED) is 0.271. The van der Waals surface area contributed by atoms with Crippen molar-refractivity contribution in [3.8, 4) is 11.5 Å². The van der Waals surface area contributed by atoms with E-state index in [1.165, 1.54) is 13.2 Å². The molecule has 0 aromatic heterocycles. The van der Waals surface area contributed by atoms with Crippen LogP contribution in [0, 0.1) is 11.6 Å². The fourth-order valence-electron chi connectivity index (χ4n) is 5.87. The third-order valence-electron chi connectivity index (χ3n) is 8.17. The summed E-state index contributed by atoms with van der Waals surface area (Å²) in [5, 5.41) is 14.9. The molecule has 2 fully saturated rings. The Morgan fingerprint density at radius 3 is 2.36 bits per heavy atom. The number of hydrogen-bond donors (Lipinski definition) is 3. The van der Waals surface area contributed by atoms with E-state index in [0.29, 0.717) is 66.9 Å². The van der Waals surface area contributed by atoms with Crippen molar-refractivity contribution >= 4 is 40.9 Å². The van der Waals surface area contributed by atoms with Gasteiger partial charge in [0.1, 0.15) is 17.7 Å². The maximum Gasteiger partial charge on any atom is 0.323 e. The number of rotatable bonds is 11. The monoisotopic (exact) mass is 671 g/mol. The van der Waals surface area contributed by atoms with Crippen LogP contribution >= 0.6 is 11.6 Å². The van der Waals surface area contributed by atoms with E-state index in [4.69, 9.17) is 26.2 Å². The summed E-state index contributed by atoms with van der Waals surface area (Å²) < 4.78 is 39.3. The van der Waals surface area contributed by atoms with Crippen LogP contribution in [0.4, 0.5) is 25.0 Å². The van der Waals surface area contributed by atoms with E-state index >= 15 is 0 Å². The standard InChI is InChI=1S/C33H36ClF2N5O6/c1-46-30-14-21(6-8-28(30)38-33(45)37-27-5-3-2-4-25(27)34)15-31(42)41-19-24(47-29-9-7-22(35)16-26(29)36)17-23(41)18-39-10-12-40(13-11-39)20-32(43)44/h2-9,14,16,23-24H,10-13,15,17-20H2,1H3,(H,43,44)(H2,37,38,45). The summed E-state index contributed by atoms with van der Waals surface area (Å²) in [5.41, 5.74) is 1.49. The van der Waals surface area contributed by atoms with Crippen LogP contribution in [0.15, 0.2) is 60.7 Å². The van der Waals surface area contributed by atoms with Gasteiger partial charge in [0, 0.05) is 51.3 Å². The number of hydrogen-bond acceptors (Lipinski definition) is 7. The minimum absolute atomic E-state index is 0.0230. The fourth-order valence-corrected chi connectivity index (χ4v) is 6.05. The molecular weight excluding hydrogens is 636 g/mol. The average Bonchev–Trinajstić information content (AvgIpc) is 3.43. The number of benzene rings is 3. The SMILES string of the molecule is COc1cc(CC(=O)N2CC(Oc3ccc(F)cc3F)CC2CN2CCN(CC(=O)O)CC2)ccc1NC(=O)Nc1ccccc1Cl. The number of carboxylic acid groups (broad SMARTS) is 1. The molecule has 11 nitrogen and oxygen atoms in total. The van der Waals surface area contributed by atoms with Gasteiger partial charge < -0.3 is 30.1 Å². The molecule has 3 N–H and O–H groups in total. The van der Waals surface area contributed by atoms with Gasteiger partial charge in [0.05, 0.1) is 43.0 Å². The minimum atomic E-state index is -0.875. The van der Waals surface area contributed by atoms with Crippen LogP contribution in [-0.2, 0) is 16.0 Å². The zero-order valence-electron chi connectivity index (χ0n) is 25.8. The normalized spacial score (nSPS) is 18.5. The number of piperazine rings is 1. The zero-order valence-corrected chi connectivity index (χ0v) is 26.5. The number of carboxylic acids is 1. The first-order valence-corrected chi connectivity index (χ1v) is 15.5. The highest BCUT2D eigenvalue weighted by molar-refractivity contribution is 6.33. The summed E-state index contributed by atoms with van der Waals surface area (Å²) in [6.45, 7) is 3.17. The molecule has 250 valence electrons. The molecule has 3 amide bonds. The Morgan fingerprint density at radius 2 is 1.66 bits per heavy atom. The molecule has 14 heteroatoms. The first-order valence-electron chi connectivity index (χ1n) is 15.1. The minimum Gasteiger partial charge on any atom is -0.495 e. The van der Waals surface area contributed by atoms with E-state index in [1.54, 1.807) is 47.4 Å². The van der Waals surface area contributed by atoms with E-state index in [2.05, 4.69) is 15.5 Å².